The first kappa shape index (κ1) is 18.9. The smallest absolute Gasteiger partial charge is 0.337 e. The molecule has 3 aromatic rings. The van der Waals surface area contributed by atoms with E-state index in [0.29, 0.717) is 12.2 Å². The highest BCUT2D eigenvalue weighted by Crippen LogP contribution is 2.33. The van der Waals surface area contributed by atoms with Gasteiger partial charge in [-0.15, -0.1) is 11.3 Å². The number of methoxy groups -OCH3 is 1. The molecule has 1 N–H and O–H groups in total. The van der Waals surface area contributed by atoms with Gasteiger partial charge in [-0.25, -0.2) is 9.78 Å². The van der Waals surface area contributed by atoms with Gasteiger partial charge < -0.3 is 14.8 Å². The van der Waals surface area contributed by atoms with E-state index in [-0.39, 0.29) is 5.97 Å². The summed E-state index contributed by atoms with van der Waals surface area (Å²) in [4.78, 5) is 16.4. The minimum absolute atomic E-state index is 0.362. The van der Waals surface area contributed by atoms with Gasteiger partial charge in [0.1, 0.15) is 5.75 Å². The van der Waals surface area contributed by atoms with Gasteiger partial charge in [-0.3, -0.25) is 0 Å². The minimum Gasteiger partial charge on any atom is -0.494 e. The van der Waals surface area contributed by atoms with Gasteiger partial charge in [0.05, 0.1) is 25.0 Å². The molecule has 0 spiro atoms. The van der Waals surface area contributed by atoms with Crippen molar-refractivity contribution in [2.24, 2.45) is 0 Å². The van der Waals surface area contributed by atoms with Gasteiger partial charge in [-0.2, -0.15) is 0 Å². The molecule has 1 heterocycles. The summed E-state index contributed by atoms with van der Waals surface area (Å²) in [6.07, 6.45) is 0. The number of aromatic nitrogens is 1. The molecule has 5 nitrogen and oxygen atoms in total. The Hall–Kier alpha value is -2.86. The van der Waals surface area contributed by atoms with E-state index >= 15 is 0 Å². The van der Waals surface area contributed by atoms with E-state index in [1.165, 1.54) is 18.4 Å². The predicted molar refractivity (Wildman–Crippen MR) is 109 cm³/mol. The molecule has 0 aliphatic rings. The molecule has 0 aliphatic heterocycles. The third-order valence-corrected chi connectivity index (χ3v) is 4.89. The van der Waals surface area contributed by atoms with E-state index in [0.717, 1.165) is 39.0 Å². The summed E-state index contributed by atoms with van der Waals surface area (Å²) in [5, 5.41) is 6.04. The summed E-state index contributed by atoms with van der Waals surface area (Å²) in [7, 11) is 1.37. The van der Waals surface area contributed by atoms with Gasteiger partial charge in [0.15, 0.2) is 5.13 Å². The highest BCUT2D eigenvalue weighted by atomic mass is 32.1. The molecule has 140 valence electrons. The molecular weight excluding hydrogens is 360 g/mol. The van der Waals surface area contributed by atoms with Crippen LogP contribution in [-0.2, 0) is 4.74 Å². The summed E-state index contributed by atoms with van der Waals surface area (Å²) in [6, 6.07) is 11.3. The van der Waals surface area contributed by atoms with Gasteiger partial charge in [-0.1, -0.05) is 6.07 Å². The number of hydrogen-bond donors (Lipinski definition) is 1. The normalized spacial score (nSPS) is 10.5. The Kier molecular flexibility index (Phi) is 5.76. The third-order valence-electron chi connectivity index (χ3n) is 4.14. The summed E-state index contributed by atoms with van der Waals surface area (Å²) in [5.74, 6) is 0.547. The largest absolute Gasteiger partial charge is 0.494 e. The van der Waals surface area contributed by atoms with Crippen LogP contribution in [-0.4, -0.2) is 24.7 Å². The number of nitrogens with one attached hydrogen (secondary N) is 1. The molecule has 1 aromatic heterocycles. The number of benzene rings is 2. The van der Waals surface area contributed by atoms with Crippen LogP contribution in [0, 0.1) is 13.8 Å². The van der Waals surface area contributed by atoms with Gasteiger partial charge in [0.25, 0.3) is 0 Å². The van der Waals surface area contributed by atoms with E-state index in [4.69, 9.17) is 14.5 Å². The van der Waals surface area contributed by atoms with Crippen LogP contribution in [0.15, 0.2) is 41.8 Å². The van der Waals surface area contributed by atoms with E-state index in [1.807, 2.05) is 31.4 Å². The van der Waals surface area contributed by atoms with Gasteiger partial charge >= 0.3 is 5.97 Å². The maximum atomic E-state index is 11.7. The first-order valence-electron chi connectivity index (χ1n) is 8.67. The first-order valence-corrected chi connectivity index (χ1v) is 9.55. The number of esters is 1. The maximum absolute atomic E-state index is 11.7. The summed E-state index contributed by atoms with van der Waals surface area (Å²) >= 11 is 1.52. The van der Waals surface area contributed by atoms with Crippen molar-refractivity contribution in [3.8, 4) is 17.0 Å². The number of carbonyl (C=O) groups excluding carboxylic acids is 1. The Morgan fingerprint density at radius 2 is 2.00 bits per heavy atom. The van der Waals surface area contributed by atoms with Gasteiger partial charge in [0, 0.05) is 16.6 Å². The molecule has 6 heteroatoms. The number of ether oxygens (including phenoxy) is 2. The Morgan fingerprint density at radius 1 is 1.19 bits per heavy atom. The highest BCUT2D eigenvalue weighted by Gasteiger charge is 2.12. The lowest BCUT2D eigenvalue weighted by Crippen LogP contribution is -2.01. The van der Waals surface area contributed by atoms with Crippen LogP contribution in [0.5, 0.6) is 5.75 Å². The number of anilines is 2. The molecule has 0 radical (unpaired) electrons. The first-order chi connectivity index (χ1) is 13.0. The Bertz CT molecular complexity index is 966. The van der Waals surface area contributed by atoms with Crippen molar-refractivity contribution in [1.29, 1.82) is 0 Å². The second-order valence-corrected chi connectivity index (χ2v) is 6.96. The number of rotatable bonds is 6. The molecule has 0 fully saturated rings. The van der Waals surface area contributed by atoms with Crippen LogP contribution in [0.2, 0.25) is 0 Å². The number of hydrogen-bond acceptors (Lipinski definition) is 6. The molecule has 0 saturated heterocycles. The standard InChI is InChI=1S/C21H22N2O3S/c1-5-26-19-10-13(2)17(9-14(19)3)18-12-27-21(23-18)22-16-8-6-7-15(11-16)20(24)25-4/h6-12H,5H2,1-4H3,(H,22,23). The van der Waals surface area contributed by atoms with Crippen molar-refractivity contribution in [2.75, 3.05) is 19.0 Å². The van der Waals surface area contributed by atoms with Crippen molar-refractivity contribution in [3.63, 3.8) is 0 Å². The van der Waals surface area contributed by atoms with Crippen molar-refractivity contribution < 1.29 is 14.3 Å². The number of carbonyl (C=O) groups is 1. The van der Waals surface area contributed by atoms with Gasteiger partial charge in [-0.05, 0) is 62.2 Å². The quantitative estimate of drug-likeness (QED) is 0.582. The molecule has 0 saturated carbocycles. The molecule has 0 amide bonds. The zero-order valence-electron chi connectivity index (χ0n) is 15.8. The van der Waals surface area contributed by atoms with Crippen molar-refractivity contribution in [2.45, 2.75) is 20.8 Å². The van der Waals surface area contributed by atoms with E-state index in [1.54, 1.807) is 12.1 Å². The molecule has 0 bridgehead atoms. The van der Waals surface area contributed by atoms with Crippen LogP contribution in [0.1, 0.15) is 28.4 Å². The van der Waals surface area contributed by atoms with Crippen LogP contribution in [0.4, 0.5) is 10.8 Å². The zero-order chi connectivity index (χ0) is 19.4. The number of thiazole rings is 1. The summed E-state index contributed by atoms with van der Waals surface area (Å²) in [5.41, 5.74) is 5.49. The minimum atomic E-state index is -0.362. The molecular formula is C21H22N2O3S. The lowest BCUT2D eigenvalue weighted by atomic mass is 10.0. The topological polar surface area (TPSA) is 60.5 Å². The molecule has 3 rings (SSSR count). The molecule has 27 heavy (non-hydrogen) atoms. The lowest BCUT2D eigenvalue weighted by Gasteiger charge is -2.11. The Morgan fingerprint density at radius 3 is 2.74 bits per heavy atom. The van der Waals surface area contributed by atoms with Crippen LogP contribution in [0.25, 0.3) is 11.3 Å². The highest BCUT2D eigenvalue weighted by molar-refractivity contribution is 7.14. The summed E-state index contributed by atoms with van der Waals surface area (Å²) < 4.78 is 10.4. The second kappa shape index (κ2) is 8.22. The van der Waals surface area contributed by atoms with Crippen LogP contribution >= 0.6 is 11.3 Å². The van der Waals surface area contributed by atoms with E-state index < -0.39 is 0 Å². The van der Waals surface area contributed by atoms with Crippen molar-refractivity contribution in [3.05, 3.63) is 58.5 Å². The predicted octanol–water partition coefficient (Wildman–Crippen LogP) is 5.36. The van der Waals surface area contributed by atoms with Gasteiger partial charge in [0.2, 0.25) is 0 Å². The Balaban J connectivity index is 1.83. The fourth-order valence-corrected chi connectivity index (χ4v) is 3.53. The number of aryl methyl sites for hydroxylation is 2. The maximum Gasteiger partial charge on any atom is 0.337 e. The molecule has 0 atom stereocenters. The number of nitrogens with zero attached hydrogens (tertiary/aromatic N) is 1. The fourth-order valence-electron chi connectivity index (χ4n) is 2.80. The molecule has 0 unspecified atom stereocenters. The van der Waals surface area contributed by atoms with Crippen LogP contribution in [0.3, 0.4) is 0 Å². The van der Waals surface area contributed by atoms with Crippen molar-refractivity contribution >= 4 is 28.1 Å². The Labute approximate surface area is 163 Å². The lowest BCUT2D eigenvalue weighted by molar-refractivity contribution is 0.0601. The van der Waals surface area contributed by atoms with E-state index in [9.17, 15) is 4.79 Å². The van der Waals surface area contributed by atoms with E-state index in [2.05, 4.69) is 24.4 Å². The van der Waals surface area contributed by atoms with Crippen LogP contribution < -0.4 is 10.1 Å². The SMILES string of the molecule is CCOc1cc(C)c(-c2csc(Nc3cccc(C(=O)OC)c3)n2)cc1C. The molecule has 0 aliphatic carbocycles. The molecule has 2 aromatic carbocycles. The second-order valence-electron chi connectivity index (χ2n) is 6.10. The monoisotopic (exact) mass is 382 g/mol. The third kappa shape index (κ3) is 4.28. The average Bonchev–Trinajstić information content (AvgIpc) is 3.12. The fraction of sp³-hybridized carbons (Fsp3) is 0.238. The summed E-state index contributed by atoms with van der Waals surface area (Å²) in [6.45, 7) is 6.73. The van der Waals surface area contributed by atoms with Crippen molar-refractivity contribution in [1.82, 2.24) is 4.98 Å². The average molecular weight is 382 g/mol. The zero-order valence-corrected chi connectivity index (χ0v) is 16.6.